The van der Waals surface area contributed by atoms with Gasteiger partial charge in [0.05, 0.1) is 0 Å². The second-order valence-electron chi connectivity index (χ2n) is 5.79. The Kier molecular flexibility index (Phi) is 6.59. The van der Waals surface area contributed by atoms with E-state index in [0.717, 1.165) is 19.4 Å². The van der Waals surface area contributed by atoms with Crippen molar-refractivity contribution in [1.29, 1.82) is 0 Å². The van der Waals surface area contributed by atoms with E-state index in [4.69, 9.17) is 0 Å². The van der Waals surface area contributed by atoms with Crippen molar-refractivity contribution in [2.24, 2.45) is 0 Å². The van der Waals surface area contributed by atoms with E-state index in [0.29, 0.717) is 0 Å². The van der Waals surface area contributed by atoms with Crippen LogP contribution in [0.4, 0.5) is 0 Å². The summed E-state index contributed by atoms with van der Waals surface area (Å²) in [6.07, 6.45) is 12.9. The molecule has 1 aromatic rings. The Morgan fingerprint density at radius 1 is 1.14 bits per heavy atom. The van der Waals surface area contributed by atoms with Crippen LogP contribution in [0.2, 0.25) is 0 Å². The van der Waals surface area contributed by atoms with Crippen LogP contribution >= 0.6 is 11.9 Å². The van der Waals surface area contributed by atoms with Gasteiger partial charge in [0.2, 0.25) is 0 Å². The van der Waals surface area contributed by atoms with Crippen LogP contribution in [0.15, 0.2) is 40.8 Å². The lowest BCUT2D eigenvalue weighted by molar-refractivity contribution is 0.875. The molecule has 0 bridgehead atoms. The maximum absolute atomic E-state index is 3.45. The molecule has 0 fully saturated rings. The van der Waals surface area contributed by atoms with Crippen molar-refractivity contribution in [3.8, 4) is 0 Å². The summed E-state index contributed by atoms with van der Waals surface area (Å²) in [6, 6.07) is 4.72. The average molecular weight is 301 g/mol. The molecule has 0 atom stereocenters. The lowest BCUT2D eigenvalue weighted by atomic mass is 9.98. The molecule has 0 spiro atoms. The number of nitrogens with one attached hydrogen (secondary N) is 1. The Bertz CT molecular complexity index is 529. The molecule has 0 heterocycles. The van der Waals surface area contributed by atoms with E-state index in [1.807, 2.05) is 0 Å². The predicted octanol–water partition coefficient (Wildman–Crippen LogP) is 5.52. The second-order valence-corrected chi connectivity index (χ2v) is 6.72. The van der Waals surface area contributed by atoms with Gasteiger partial charge in [-0.15, -0.1) is 0 Å². The van der Waals surface area contributed by atoms with Gasteiger partial charge in [0.1, 0.15) is 0 Å². The van der Waals surface area contributed by atoms with Gasteiger partial charge >= 0.3 is 0 Å². The first-order valence-electron chi connectivity index (χ1n) is 8.06. The summed E-state index contributed by atoms with van der Waals surface area (Å²) in [7, 11) is 0. The molecule has 0 unspecified atom stereocenters. The third-order valence-electron chi connectivity index (χ3n) is 3.99. The Morgan fingerprint density at radius 3 is 2.71 bits per heavy atom. The number of hydrogen-bond donors (Lipinski definition) is 1. The summed E-state index contributed by atoms with van der Waals surface area (Å²) in [5.74, 6) is 0. The number of benzene rings is 1. The smallest absolute Gasteiger partial charge is 0.0262 e. The van der Waals surface area contributed by atoms with Gasteiger partial charge in [0.15, 0.2) is 0 Å². The standard InChI is InChI=1S/C19H27NS/c1-4-12-20-21-19-14-18(13-15(2)16(19)3)11-10-17-8-6-5-7-9-17/h6,8-9,13-14,20H,4-5,7,10-12H2,1-3H3. The maximum Gasteiger partial charge on any atom is 0.0262 e. The van der Waals surface area contributed by atoms with E-state index >= 15 is 0 Å². The number of hydrogen-bond acceptors (Lipinski definition) is 2. The van der Waals surface area contributed by atoms with Gasteiger partial charge < -0.3 is 0 Å². The van der Waals surface area contributed by atoms with Gasteiger partial charge in [-0.2, -0.15) is 0 Å². The highest BCUT2D eigenvalue weighted by Gasteiger charge is 2.06. The van der Waals surface area contributed by atoms with Crippen molar-refractivity contribution in [2.75, 3.05) is 6.54 Å². The minimum atomic E-state index is 1.06. The highest BCUT2D eigenvalue weighted by atomic mass is 32.2. The molecule has 1 nitrogen and oxygen atoms in total. The molecule has 1 N–H and O–H groups in total. The molecule has 2 rings (SSSR count). The molecule has 1 aliphatic carbocycles. The number of aryl methyl sites for hydroxylation is 2. The maximum atomic E-state index is 3.45. The molecule has 0 saturated carbocycles. The molecular weight excluding hydrogens is 274 g/mol. The first kappa shape index (κ1) is 16.4. The summed E-state index contributed by atoms with van der Waals surface area (Å²) in [5.41, 5.74) is 5.77. The van der Waals surface area contributed by atoms with E-state index < -0.39 is 0 Å². The molecule has 0 amide bonds. The normalized spacial score (nSPS) is 14.3. The van der Waals surface area contributed by atoms with Crippen LogP contribution in [0.3, 0.4) is 0 Å². The fourth-order valence-electron chi connectivity index (χ4n) is 2.52. The lowest BCUT2D eigenvalue weighted by Gasteiger charge is -2.13. The third-order valence-corrected chi connectivity index (χ3v) is 4.98. The topological polar surface area (TPSA) is 12.0 Å². The monoisotopic (exact) mass is 301 g/mol. The third kappa shape index (κ3) is 5.05. The van der Waals surface area contributed by atoms with Crippen LogP contribution in [0.25, 0.3) is 0 Å². The van der Waals surface area contributed by atoms with Crippen molar-refractivity contribution >= 4 is 11.9 Å². The van der Waals surface area contributed by atoms with Crippen molar-refractivity contribution in [2.45, 2.75) is 57.8 Å². The Labute approximate surface area is 134 Å². The molecule has 1 aliphatic rings. The summed E-state index contributed by atoms with van der Waals surface area (Å²) < 4.78 is 3.45. The number of allylic oxidation sites excluding steroid dienone is 4. The predicted molar refractivity (Wildman–Crippen MR) is 94.8 cm³/mol. The average Bonchev–Trinajstić information content (AvgIpc) is 2.51. The van der Waals surface area contributed by atoms with E-state index in [9.17, 15) is 0 Å². The summed E-state index contributed by atoms with van der Waals surface area (Å²) in [6.45, 7) is 7.71. The second kappa shape index (κ2) is 8.45. The van der Waals surface area contributed by atoms with Crippen molar-refractivity contribution in [3.63, 3.8) is 0 Å². The van der Waals surface area contributed by atoms with Gasteiger partial charge in [-0.1, -0.05) is 36.8 Å². The zero-order chi connectivity index (χ0) is 15.1. The van der Waals surface area contributed by atoms with Gasteiger partial charge in [0.25, 0.3) is 0 Å². The van der Waals surface area contributed by atoms with E-state index in [-0.39, 0.29) is 0 Å². The van der Waals surface area contributed by atoms with Gasteiger partial charge in [-0.25, -0.2) is 0 Å². The molecule has 21 heavy (non-hydrogen) atoms. The Balaban J connectivity index is 2.01. The number of rotatable bonds is 7. The lowest BCUT2D eigenvalue weighted by Crippen LogP contribution is -2.05. The molecular formula is C19H27NS. The van der Waals surface area contributed by atoms with Crippen molar-refractivity contribution < 1.29 is 0 Å². The van der Waals surface area contributed by atoms with E-state index in [1.54, 1.807) is 11.9 Å². The van der Waals surface area contributed by atoms with Crippen LogP contribution in [0, 0.1) is 13.8 Å². The summed E-state index contributed by atoms with van der Waals surface area (Å²) in [4.78, 5) is 1.38. The van der Waals surface area contributed by atoms with Crippen LogP contribution in [0.5, 0.6) is 0 Å². The van der Waals surface area contributed by atoms with Crippen molar-refractivity contribution in [3.05, 3.63) is 52.6 Å². The fraction of sp³-hybridized carbons (Fsp3) is 0.474. The highest BCUT2D eigenvalue weighted by Crippen LogP contribution is 2.26. The molecule has 1 aromatic carbocycles. The van der Waals surface area contributed by atoms with Crippen LogP contribution in [-0.4, -0.2) is 6.54 Å². The first-order valence-corrected chi connectivity index (χ1v) is 8.87. The largest absolute Gasteiger partial charge is 0.260 e. The van der Waals surface area contributed by atoms with Crippen LogP contribution in [-0.2, 0) is 6.42 Å². The van der Waals surface area contributed by atoms with E-state index in [1.165, 1.54) is 46.4 Å². The molecule has 0 radical (unpaired) electrons. The molecule has 114 valence electrons. The minimum Gasteiger partial charge on any atom is -0.260 e. The van der Waals surface area contributed by atoms with Gasteiger partial charge in [0, 0.05) is 11.4 Å². The quantitative estimate of drug-likeness (QED) is 0.526. The Morgan fingerprint density at radius 2 is 2.00 bits per heavy atom. The SMILES string of the molecule is CCCNSc1cc(CCC2=CCCC=C2)cc(C)c1C. The zero-order valence-electron chi connectivity index (χ0n) is 13.5. The zero-order valence-corrected chi connectivity index (χ0v) is 14.4. The van der Waals surface area contributed by atoms with Gasteiger partial charge in [-0.3, -0.25) is 4.72 Å². The van der Waals surface area contributed by atoms with Crippen LogP contribution in [0.1, 0.15) is 49.3 Å². The van der Waals surface area contributed by atoms with Gasteiger partial charge in [-0.05, 0) is 80.7 Å². The Hall–Kier alpha value is -0.990. The summed E-state index contributed by atoms with van der Waals surface area (Å²) in [5, 5.41) is 0. The molecule has 0 aliphatic heterocycles. The summed E-state index contributed by atoms with van der Waals surface area (Å²) >= 11 is 1.78. The fourth-order valence-corrected chi connectivity index (χ4v) is 3.51. The first-order chi connectivity index (χ1) is 10.2. The molecule has 2 heteroatoms. The minimum absolute atomic E-state index is 1.06. The van der Waals surface area contributed by atoms with E-state index in [2.05, 4.69) is 55.9 Å². The molecule has 0 aromatic heterocycles. The molecule has 0 saturated heterocycles. The highest BCUT2D eigenvalue weighted by molar-refractivity contribution is 7.97. The van der Waals surface area contributed by atoms with Crippen LogP contribution < -0.4 is 4.72 Å². The van der Waals surface area contributed by atoms with Crippen molar-refractivity contribution in [1.82, 2.24) is 4.72 Å².